The Balaban J connectivity index is 0.00000110. The van der Waals surface area contributed by atoms with Gasteiger partial charge < -0.3 is 10.6 Å². The SMILES string of the molecule is Cl.Cl.O=C(NCc1cccc2cccnc12)[C@@H]1CCCN1. The van der Waals surface area contributed by atoms with Gasteiger partial charge in [-0.05, 0) is 31.0 Å². The van der Waals surface area contributed by atoms with E-state index in [9.17, 15) is 4.79 Å². The number of benzene rings is 1. The van der Waals surface area contributed by atoms with E-state index in [-0.39, 0.29) is 36.8 Å². The summed E-state index contributed by atoms with van der Waals surface area (Å²) in [5, 5.41) is 7.30. The molecule has 3 rings (SSSR count). The Morgan fingerprint density at radius 1 is 1.29 bits per heavy atom. The molecule has 2 aromatic rings. The maximum atomic E-state index is 12.0. The van der Waals surface area contributed by atoms with E-state index in [0.717, 1.165) is 35.9 Å². The molecule has 2 N–H and O–H groups in total. The fourth-order valence-electron chi connectivity index (χ4n) is 2.52. The van der Waals surface area contributed by atoms with Gasteiger partial charge in [0.1, 0.15) is 0 Å². The molecule has 1 amide bonds. The van der Waals surface area contributed by atoms with Crippen molar-refractivity contribution in [2.45, 2.75) is 25.4 Å². The van der Waals surface area contributed by atoms with Crippen LogP contribution in [0.2, 0.25) is 0 Å². The number of carbonyl (C=O) groups excluding carboxylic acids is 1. The Bertz CT molecular complexity index is 595. The van der Waals surface area contributed by atoms with Crippen LogP contribution in [0.25, 0.3) is 10.9 Å². The van der Waals surface area contributed by atoms with Gasteiger partial charge in [-0.25, -0.2) is 0 Å². The summed E-state index contributed by atoms with van der Waals surface area (Å²) in [6.45, 7) is 1.47. The minimum Gasteiger partial charge on any atom is -0.351 e. The van der Waals surface area contributed by atoms with E-state index in [1.807, 2.05) is 30.3 Å². The van der Waals surface area contributed by atoms with Crippen LogP contribution in [0.4, 0.5) is 0 Å². The molecule has 0 spiro atoms. The van der Waals surface area contributed by atoms with Gasteiger partial charge in [0.05, 0.1) is 11.6 Å². The average molecular weight is 328 g/mol. The number of nitrogens with zero attached hydrogens (tertiary/aromatic N) is 1. The summed E-state index contributed by atoms with van der Waals surface area (Å²) in [4.78, 5) is 16.4. The predicted octanol–water partition coefficient (Wildman–Crippen LogP) is 2.45. The molecule has 0 bridgehead atoms. The third-order valence-corrected chi connectivity index (χ3v) is 3.55. The van der Waals surface area contributed by atoms with Crippen LogP contribution >= 0.6 is 24.8 Å². The molecule has 4 nitrogen and oxygen atoms in total. The Labute approximate surface area is 136 Å². The molecule has 114 valence electrons. The van der Waals surface area contributed by atoms with E-state index in [2.05, 4.69) is 15.6 Å². The van der Waals surface area contributed by atoms with Crippen LogP contribution in [-0.4, -0.2) is 23.5 Å². The molecule has 0 unspecified atom stereocenters. The molecule has 2 heterocycles. The summed E-state index contributed by atoms with van der Waals surface area (Å²) in [6.07, 6.45) is 3.79. The second-order valence-electron chi connectivity index (χ2n) is 4.86. The van der Waals surface area contributed by atoms with E-state index in [1.54, 1.807) is 6.20 Å². The molecule has 0 radical (unpaired) electrons. The van der Waals surface area contributed by atoms with E-state index >= 15 is 0 Å². The molecular formula is C15H19Cl2N3O. The van der Waals surface area contributed by atoms with Gasteiger partial charge in [-0.15, -0.1) is 24.8 Å². The second-order valence-corrected chi connectivity index (χ2v) is 4.86. The highest BCUT2D eigenvalue weighted by atomic mass is 35.5. The third kappa shape index (κ3) is 4.06. The zero-order chi connectivity index (χ0) is 13.1. The summed E-state index contributed by atoms with van der Waals surface area (Å²) < 4.78 is 0. The number of carbonyl (C=O) groups is 1. The van der Waals surface area contributed by atoms with Crippen LogP contribution in [0.15, 0.2) is 36.5 Å². The van der Waals surface area contributed by atoms with Gasteiger partial charge in [0.15, 0.2) is 0 Å². The van der Waals surface area contributed by atoms with Crippen molar-refractivity contribution in [3.05, 3.63) is 42.1 Å². The summed E-state index contributed by atoms with van der Waals surface area (Å²) in [6, 6.07) is 9.98. The fourth-order valence-corrected chi connectivity index (χ4v) is 2.52. The lowest BCUT2D eigenvalue weighted by Crippen LogP contribution is -2.40. The molecular weight excluding hydrogens is 309 g/mol. The predicted molar refractivity (Wildman–Crippen MR) is 89.1 cm³/mol. The largest absolute Gasteiger partial charge is 0.351 e. The number of hydrogen-bond acceptors (Lipinski definition) is 3. The Morgan fingerprint density at radius 2 is 2.10 bits per heavy atom. The maximum Gasteiger partial charge on any atom is 0.237 e. The number of nitrogens with one attached hydrogen (secondary N) is 2. The standard InChI is InChI=1S/C15H17N3O.2ClH/c19-15(13-7-3-8-16-13)18-10-12-5-1-4-11-6-2-9-17-14(11)12;;/h1-2,4-6,9,13,16H,3,7-8,10H2,(H,18,19);2*1H/t13-;;/m0../s1. The summed E-state index contributed by atoms with van der Waals surface area (Å²) in [7, 11) is 0. The van der Waals surface area contributed by atoms with Gasteiger partial charge in [-0.3, -0.25) is 9.78 Å². The Morgan fingerprint density at radius 3 is 2.86 bits per heavy atom. The second kappa shape index (κ2) is 8.17. The van der Waals surface area contributed by atoms with Crippen molar-refractivity contribution in [2.24, 2.45) is 0 Å². The smallest absolute Gasteiger partial charge is 0.237 e. The van der Waals surface area contributed by atoms with Crippen molar-refractivity contribution in [3.63, 3.8) is 0 Å². The molecule has 1 aromatic heterocycles. The van der Waals surface area contributed by atoms with Gasteiger partial charge in [-0.1, -0.05) is 24.3 Å². The fraction of sp³-hybridized carbons (Fsp3) is 0.333. The number of fused-ring (bicyclic) bond motifs is 1. The Kier molecular flexibility index (Phi) is 6.89. The Hall–Kier alpha value is -1.36. The monoisotopic (exact) mass is 327 g/mol. The summed E-state index contributed by atoms with van der Waals surface area (Å²) in [5.41, 5.74) is 2.02. The maximum absolute atomic E-state index is 12.0. The highest BCUT2D eigenvalue weighted by Gasteiger charge is 2.21. The van der Waals surface area contributed by atoms with Gasteiger partial charge in [0.2, 0.25) is 5.91 Å². The quantitative estimate of drug-likeness (QED) is 0.910. The molecule has 1 aliphatic heterocycles. The molecule has 21 heavy (non-hydrogen) atoms. The molecule has 1 atom stereocenters. The number of rotatable bonds is 3. The van der Waals surface area contributed by atoms with Crippen molar-refractivity contribution in [2.75, 3.05) is 6.54 Å². The molecule has 1 fully saturated rings. The lowest BCUT2D eigenvalue weighted by atomic mass is 10.1. The highest BCUT2D eigenvalue weighted by molar-refractivity contribution is 5.86. The van der Waals surface area contributed by atoms with Crippen LogP contribution in [0.5, 0.6) is 0 Å². The topological polar surface area (TPSA) is 54.0 Å². The molecule has 0 aliphatic carbocycles. The first-order valence-corrected chi connectivity index (χ1v) is 6.68. The van der Waals surface area contributed by atoms with Crippen LogP contribution in [-0.2, 0) is 11.3 Å². The molecule has 1 saturated heterocycles. The zero-order valence-corrected chi connectivity index (χ0v) is 13.2. The zero-order valence-electron chi connectivity index (χ0n) is 11.5. The van der Waals surface area contributed by atoms with Gasteiger partial charge in [0, 0.05) is 18.1 Å². The van der Waals surface area contributed by atoms with Crippen LogP contribution in [0.1, 0.15) is 18.4 Å². The normalized spacial score (nSPS) is 16.9. The number of amides is 1. The van der Waals surface area contributed by atoms with Crippen molar-refractivity contribution in [3.8, 4) is 0 Å². The third-order valence-electron chi connectivity index (χ3n) is 3.55. The van der Waals surface area contributed by atoms with Crippen molar-refractivity contribution < 1.29 is 4.79 Å². The first-order chi connectivity index (χ1) is 9.34. The number of pyridine rings is 1. The van der Waals surface area contributed by atoms with E-state index < -0.39 is 0 Å². The molecule has 6 heteroatoms. The minimum absolute atomic E-state index is 0. The lowest BCUT2D eigenvalue weighted by Gasteiger charge is -2.12. The lowest BCUT2D eigenvalue weighted by molar-refractivity contribution is -0.122. The molecule has 1 aliphatic rings. The number of para-hydroxylation sites is 1. The van der Waals surface area contributed by atoms with Crippen molar-refractivity contribution in [1.82, 2.24) is 15.6 Å². The van der Waals surface area contributed by atoms with Crippen molar-refractivity contribution >= 4 is 41.6 Å². The highest BCUT2D eigenvalue weighted by Crippen LogP contribution is 2.15. The number of hydrogen-bond donors (Lipinski definition) is 2. The number of aromatic nitrogens is 1. The van der Waals surface area contributed by atoms with Gasteiger partial charge in [-0.2, -0.15) is 0 Å². The molecule has 1 aromatic carbocycles. The molecule has 0 saturated carbocycles. The van der Waals surface area contributed by atoms with Crippen LogP contribution in [0.3, 0.4) is 0 Å². The average Bonchev–Trinajstić information content (AvgIpc) is 2.99. The first-order valence-electron chi connectivity index (χ1n) is 6.68. The van der Waals surface area contributed by atoms with E-state index in [0.29, 0.717) is 6.54 Å². The van der Waals surface area contributed by atoms with Crippen LogP contribution in [0, 0.1) is 0 Å². The van der Waals surface area contributed by atoms with Gasteiger partial charge in [0.25, 0.3) is 0 Å². The van der Waals surface area contributed by atoms with Crippen LogP contribution < -0.4 is 10.6 Å². The van der Waals surface area contributed by atoms with Crippen molar-refractivity contribution in [1.29, 1.82) is 0 Å². The summed E-state index contributed by atoms with van der Waals surface area (Å²) >= 11 is 0. The number of halogens is 2. The first kappa shape index (κ1) is 17.7. The minimum atomic E-state index is -0.0251. The van der Waals surface area contributed by atoms with E-state index in [4.69, 9.17) is 0 Å². The van der Waals surface area contributed by atoms with E-state index in [1.165, 1.54) is 0 Å². The van der Waals surface area contributed by atoms with Gasteiger partial charge >= 0.3 is 0 Å². The summed E-state index contributed by atoms with van der Waals surface area (Å²) in [5.74, 6) is 0.0884.